The third kappa shape index (κ3) is 3.11. The van der Waals surface area contributed by atoms with Gasteiger partial charge in [0, 0.05) is 24.4 Å². The highest BCUT2D eigenvalue weighted by Crippen LogP contribution is 2.48. The van der Waals surface area contributed by atoms with Gasteiger partial charge < -0.3 is 25.4 Å². The van der Waals surface area contributed by atoms with Gasteiger partial charge in [0.25, 0.3) is 0 Å². The normalized spacial score (nSPS) is 18.6. The van der Waals surface area contributed by atoms with E-state index in [1.807, 2.05) is 13.8 Å². The van der Waals surface area contributed by atoms with Gasteiger partial charge in [-0.1, -0.05) is 23.2 Å². The molecule has 2 aromatic rings. The Morgan fingerprint density at radius 1 is 1.33 bits per heavy atom. The molecule has 27 heavy (non-hydrogen) atoms. The topological polar surface area (TPSA) is 84.5 Å². The second-order valence-corrected chi connectivity index (χ2v) is 7.84. The summed E-state index contributed by atoms with van der Waals surface area (Å²) in [4.78, 5) is 16.2. The Labute approximate surface area is 166 Å². The molecule has 0 aliphatic carbocycles. The lowest BCUT2D eigenvalue weighted by molar-refractivity contribution is 0.0590. The van der Waals surface area contributed by atoms with Crippen LogP contribution in [-0.4, -0.2) is 30.0 Å². The van der Waals surface area contributed by atoms with Gasteiger partial charge in [-0.15, -0.1) is 0 Å². The van der Waals surface area contributed by atoms with E-state index >= 15 is 0 Å². The number of aromatic nitrogens is 1. The number of benzene rings is 1. The van der Waals surface area contributed by atoms with E-state index in [0.29, 0.717) is 33.5 Å². The maximum absolute atomic E-state index is 12.2. The van der Waals surface area contributed by atoms with Gasteiger partial charge in [-0.05, 0) is 19.9 Å². The van der Waals surface area contributed by atoms with E-state index in [1.54, 1.807) is 6.07 Å². The van der Waals surface area contributed by atoms with Gasteiger partial charge >= 0.3 is 5.97 Å². The first-order chi connectivity index (χ1) is 12.8. The minimum atomic E-state index is -0.440. The van der Waals surface area contributed by atoms with Crippen molar-refractivity contribution in [1.29, 1.82) is 0 Å². The molecule has 142 valence electrons. The summed E-state index contributed by atoms with van der Waals surface area (Å²) in [7, 11) is 1.35. The van der Waals surface area contributed by atoms with Crippen molar-refractivity contribution in [3.8, 4) is 5.75 Å². The van der Waals surface area contributed by atoms with Crippen molar-refractivity contribution in [2.24, 2.45) is 0 Å². The number of hydrogen-bond acceptors (Lipinski definition) is 7. The fourth-order valence-electron chi connectivity index (χ4n) is 3.39. The summed E-state index contributed by atoms with van der Waals surface area (Å²) >= 11 is 12.4. The second kappa shape index (κ2) is 6.35. The van der Waals surface area contributed by atoms with Crippen LogP contribution in [0, 0.1) is 0 Å². The number of ether oxygens (including phenoxy) is 2. The highest BCUT2D eigenvalue weighted by atomic mass is 35.5. The van der Waals surface area contributed by atoms with Crippen LogP contribution in [0.25, 0.3) is 0 Å². The molecule has 0 saturated carbocycles. The van der Waals surface area contributed by atoms with E-state index in [-0.39, 0.29) is 6.29 Å². The highest BCUT2D eigenvalue weighted by molar-refractivity contribution is 6.38. The molecule has 1 atom stereocenters. The Balaban J connectivity index is 1.69. The number of esters is 1. The molecular formula is C18H18Cl2N4O3. The van der Waals surface area contributed by atoms with Crippen LogP contribution in [0.15, 0.2) is 18.5 Å². The van der Waals surface area contributed by atoms with E-state index in [1.165, 1.54) is 19.5 Å². The summed E-state index contributed by atoms with van der Waals surface area (Å²) in [6.07, 6.45) is 3.31. The zero-order valence-corrected chi connectivity index (χ0v) is 16.5. The number of fused-ring (bicyclic) bond motifs is 3. The number of nitrogens with zero attached hydrogens (tertiary/aromatic N) is 1. The van der Waals surface area contributed by atoms with Crippen LogP contribution in [0.1, 0.15) is 29.8 Å². The van der Waals surface area contributed by atoms with Crippen molar-refractivity contribution >= 4 is 46.2 Å². The van der Waals surface area contributed by atoms with E-state index in [0.717, 1.165) is 16.9 Å². The predicted molar refractivity (Wildman–Crippen MR) is 105 cm³/mol. The Morgan fingerprint density at radius 2 is 2.04 bits per heavy atom. The number of hydrogen-bond donors (Lipinski definition) is 3. The monoisotopic (exact) mass is 408 g/mol. The molecule has 2 aliphatic heterocycles. The zero-order chi connectivity index (χ0) is 19.3. The molecule has 3 N–H and O–H groups in total. The van der Waals surface area contributed by atoms with Gasteiger partial charge in [-0.25, -0.2) is 4.79 Å². The molecule has 0 radical (unpaired) electrons. The van der Waals surface area contributed by atoms with Crippen LogP contribution in [0.4, 0.5) is 17.1 Å². The Bertz CT molecular complexity index is 928. The Hall–Kier alpha value is -2.38. The van der Waals surface area contributed by atoms with Crippen LogP contribution in [0.3, 0.4) is 0 Å². The molecule has 1 unspecified atom stereocenters. The van der Waals surface area contributed by atoms with Crippen molar-refractivity contribution in [1.82, 2.24) is 4.98 Å². The molecule has 4 rings (SSSR count). The zero-order valence-electron chi connectivity index (χ0n) is 14.9. The fraction of sp³-hybridized carbons (Fsp3) is 0.333. The molecule has 3 heterocycles. The van der Waals surface area contributed by atoms with E-state index in [2.05, 4.69) is 20.9 Å². The van der Waals surface area contributed by atoms with Crippen molar-refractivity contribution in [2.45, 2.75) is 32.2 Å². The van der Waals surface area contributed by atoms with Crippen LogP contribution in [0.2, 0.25) is 10.0 Å². The second-order valence-electron chi connectivity index (χ2n) is 7.03. The third-order valence-electron chi connectivity index (χ3n) is 4.50. The standard InChI is InChI=1S/C18H18Cl2N4O3/c1-18(2)5-9-13-12(4-8(15(9)27-18)16(25)26-3)22-17(23-13)24-14-10(19)6-21-7-11(14)20/h4,6-7,17,22-23H,5H2,1-3H3,(H,21,24). The fourth-order valence-corrected chi connectivity index (χ4v) is 3.86. The maximum atomic E-state index is 12.2. The minimum Gasteiger partial charge on any atom is -0.486 e. The molecule has 0 spiro atoms. The molecule has 0 saturated heterocycles. The quantitative estimate of drug-likeness (QED) is 0.658. The number of pyridine rings is 1. The molecular weight excluding hydrogens is 391 g/mol. The summed E-state index contributed by atoms with van der Waals surface area (Å²) in [6.45, 7) is 3.96. The summed E-state index contributed by atoms with van der Waals surface area (Å²) in [5, 5.41) is 10.7. The van der Waals surface area contributed by atoms with Crippen LogP contribution >= 0.6 is 23.2 Å². The largest absolute Gasteiger partial charge is 0.486 e. The van der Waals surface area contributed by atoms with Gasteiger partial charge in [-0.3, -0.25) is 4.98 Å². The molecule has 1 aromatic heterocycles. The van der Waals surface area contributed by atoms with Crippen LogP contribution in [0.5, 0.6) is 5.75 Å². The maximum Gasteiger partial charge on any atom is 0.341 e. The molecule has 9 heteroatoms. The smallest absolute Gasteiger partial charge is 0.341 e. The first-order valence-electron chi connectivity index (χ1n) is 8.35. The summed E-state index contributed by atoms with van der Waals surface area (Å²) in [5.41, 5.74) is 3.13. The number of carbonyl (C=O) groups excluding carboxylic acids is 1. The Kier molecular flexibility index (Phi) is 4.24. The first-order valence-corrected chi connectivity index (χ1v) is 9.10. The van der Waals surface area contributed by atoms with Gasteiger partial charge in [0.05, 0.1) is 34.2 Å². The van der Waals surface area contributed by atoms with Crippen molar-refractivity contribution in [3.05, 3.63) is 39.6 Å². The third-order valence-corrected chi connectivity index (χ3v) is 5.07. The van der Waals surface area contributed by atoms with Gasteiger partial charge in [0.2, 0.25) is 0 Å². The van der Waals surface area contributed by atoms with Crippen LogP contribution in [-0.2, 0) is 11.2 Å². The molecule has 0 fully saturated rings. The molecule has 2 aliphatic rings. The predicted octanol–water partition coefficient (Wildman–Crippen LogP) is 4.12. The number of halogens is 2. The summed E-state index contributed by atoms with van der Waals surface area (Å²) < 4.78 is 10.9. The SMILES string of the molecule is COC(=O)c1cc2c(c3c1OC(C)(C)C3)NC(Nc1c(Cl)cncc1Cl)N2. The number of nitrogens with one attached hydrogen (secondary N) is 3. The van der Waals surface area contributed by atoms with E-state index in [4.69, 9.17) is 32.7 Å². The molecule has 0 bridgehead atoms. The number of rotatable bonds is 3. The lowest BCUT2D eigenvalue weighted by Crippen LogP contribution is -2.31. The minimum absolute atomic E-state index is 0.377. The Morgan fingerprint density at radius 3 is 2.70 bits per heavy atom. The average molecular weight is 409 g/mol. The lowest BCUT2D eigenvalue weighted by atomic mass is 9.98. The van der Waals surface area contributed by atoms with Crippen molar-refractivity contribution in [2.75, 3.05) is 23.1 Å². The van der Waals surface area contributed by atoms with E-state index < -0.39 is 11.6 Å². The number of carbonyl (C=O) groups is 1. The molecule has 1 aromatic carbocycles. The van der Waals surface area contributed by atoms with Gasteiger partial charge in [-0.2, -0.15) is 0 Å². The summed E-state index contributed by atoms with van der Waals surface area (Å²) in [6, 6.07) is 1.73. The number of anilines is 3. The first kappa shape index (κ1) is 18.0. The van der Waals surface area contributed by atoms with Gasteiger partial charge in [0.15, 0.2) is 6.29 Å². The number of methoxy groups -OCH3 is 1. The van der Waals surface area contributed by atoms with Crippen molar-refractivity contribution in [3.63, 3.8) is 0 Å². The van der Waals surface area contributed by atoms with Crippen molar-refractivity contribution < 1.29 is 14.3 Å². The lowest BCUT2D eigenvalue weighted by Gasteiger charge is -2.18. The van der Waals surface area contributed by atoms with E-state index in [9.17, 15) is 4.79 Å². The average Bonchev–Trinajstić information content (AvgIpc) is 3.15. The van der Waals surface area contributed by atoms with Gasteiger partial charge in [0.1, 0.15) is 16.9 Å². The highest BCUT2D eigenvalue weighted by Gasteiger charge is 2.39. The van der Waals surface area contributed by atoms with Crippen LogP contribution < -0.4 is 20.7 Å². The molecule has 0 amide bonds. The molecule has 7 nitrogen and oxygen atoms in total. The summed E-state index contributed by atoms with van der Waals surface area (Å²) in [5.74, 6) is 0.116.